The van der Waals surface area contributed by atoms with Gasteiger partial charge in [0.05, 0.1) is 5.92 Å². The van der Waals surface area contributed by atoms with Crippen molar-refractivity contribution in [3.05, 3.63) is 35.1 Å². The molecule has 5 heteroatoms. The molecule has 1 aromatic carbocycles. The van der Waals surface area contributed by atoms with Gasteiger partial charge in [-0.25, -0.2) is 4.39 Å². The van der Waals surface area contributed by atoms with E-state index >= 15 is 0 Å². The molecule has 0 aromatic heterocycles. The minimum atomic E-state index is -4.18. The quantitative estimate of drug-likeness (QED) is 0.814. The van der Waals surface area contributed by atoms with Crippen molar-refractivity contribution in [2.45, 2.75) is 50.7 Å². The van der Waals surface area contributed by atoms with Crippen LogP contribution in [0.25, 0.3) is 0 Å². The Kier molecular flexibility index (Phi) is 4.09. The van der Waals surface area contributed by atoms with Crippen molar-refractivity contribution in [2.24, 2.45) is 11.7 Å². The molecule has 2 N–H and O–H groups in total. The molecule has 2 atom stereocenters. The maximum absolute atomic E-state index is 13.1. The fourth-order valence-electron chi connectivity index (χ4n) is 3.07. The largest absolute Gasteiger partial charge is 0.391 e. The van der Waals surface area contributed by atoms with Crippen molar-refractivity contribution in [2.75, 3.05) is 0 Å². The molecular formula is C15H19F4N. The summed E-state index contributed by atoms with van der Waals surface area (Å²) in [4.78, 5) is 0. The molecule has 1 fully saturated rings. The zero-order chi connectivity index (χ0) is 15.0. The van der Waals surface area contributed by atoms with E-state index in [9.17, 15) is 17.6 Å². The monoisotopic (exact) mass is 289 g/mol. The van der Waals surface area contributed by atoms with Gasteiger partial charge in [-0.2, -0.15) is 13.2 Å². The van der Waals surface area contributed by atoms with Gasteiger partial charge in [0.2, 0.25) is 0 Å². The van der Waals surface area contributed by atoms with Gasteiger partial charge < -0.3 is 5.73 Å². The molecule has 0 saturated heterocycles. The molecule has 2 unspecified atom stereocenters. The molecule has 1 aliphatic rings. The molecule has 0 spiro atoms. The normalized spacial score (nSPS) is 27.6. The van der Waals surface area contributed by atoms with E-state index in [1.807, 2.05) is 0 Å². The molecule has 20 heavy (non-hydrogen) atoms. The summed E-state index contributed by atoms with van der Waals surface area (Å²) in [5.74, 6) is -1.66. The minimum Gasteiger partial charge on any atom is -0.325 e. The van der Waals surface area contributed by atoms with Crippen molar-refractivity contribution in [3.63, 3.8) is 0 Å². The summed E-state index contributed by atoms with van der Waals surface area (Å²) in [6, 6.07) is 4.34. The average Bonchev–Trinajstić information content (AvgIpc) is 2.32. The van der Waals surface area contributed by atoms with Crippen molar-refractivity contribution in [1.82, 2.24) is 0 Å². The van der Waals surface area contributed by atoms with E-state index in [1.54, 1.807) is 13.0 Å². The van der Waals surface area contributed by atoms with Gasteiger partial charge in [-0.3, -0.25) is 0 Å². The lowest BCUT2D eigenvalue weighted by Gasteiger charge is -2.39. The van der Waals surface area contributed by atoms with Gasteiger partial charge in [0, 0.05) is 5.54 Å². The molecule has 0 radical (unpaired) electrons. The van der Waals surface area contributed by atoms with Gasteiger partial charge in [0.15, 0.2) is 0 Å². The topological polar surface area (TPSA) is 26.0 Å². The Bertz CT molecular complexity index is 483. The summed E-state index contributed by atoms with van der Waals surface area (Å²) in [5, 5.41) is 0. The summed E-state index contributed by atoms with van der Waals surface area (Å²) in [6.07, 6.45) is -2.63. The SMILES string of the molecule is Cc1cc(F)ccc1CC1(N)CCCC(C(F)(F)F)C1. The van der Waals surface area contributed by atoms with Gasteiger partial charge in [-0.05, 0) is 55.9 Å². The van der Waals surface area contributed by atoms with E-state index in [4.69, 9.17) is 5.73 Å². The van der Waals surface area contributed by atoms with Crippen LogP contribution in [0.4, 0.5) is 17.6 Å². The number of benzene rings is 1. The fourth-order valence-corrected chi connectivity index (χ4v) is 3.07. The molecule has 2 rings (SSSR count). The van der Waals surface area contributed by atoms with Gasteiger partial charge >= 0.3 is 6.18 Å². The van der Waals surface area contributed by atoms with Gasteiger partial charge in [0.25, 0.3) is 0 Å². The zero-order valence-corrected chi connectivity index (χ0v) is 11.4. The standard InChI is InChI=1S/C15H19F4N/c1-10-7-13(16)5-4-11(10)8-14(20)6-2-3-12(9-14)15(17,18)19/h4-5,7,12H,2-3,6,8-9,20H2,1H3. The Labute approximate surface area is 116 Å². The second-order valence-corrected chi connectivity index (χ2v) is 5.94. The Morgan fingerprint density at radius 2 is 2.05 bits per heavy atom. The van der Waals surface area contributed by atoms with Gasteiger partial charge in [0.1, 0.15) is 5.82 Å². The molecule has 0 amide bonds. The molecule has 1 saturated carbocycles. The van der Waals surface area contributed by atoms with Crippen LogP contribution in [0.1, 0.15) is 36.8 Å². The number of nitrogens with two attached hydrogens (primary N) is 1. The predicted molar refractivity (Wildman–Crippen MR) is 69.8 cm³/mol. The molecule has 0 aliphatic heterocycles. The molecule has 1 aliphatic carbocycles. The number of hydrogen-bond donors (Lipinski definition) is 1. The first kappa shape index (κ1) is 15.3. The summed E-state index contributed by atoms with van der Waals surface area (Å²) < 4.78 is 51.6. The van der Waals surface area contributed by atoms with E-state index in [0.29, 0.717) is 19.3 Å². The second-order valence-electron chi connectivity index (χ2n) is 5.94. The van der Waals surface area contributed by atoms with Crippen molar-refractivity contribution >= 4 is 0 Å². The molecule has 1 aromatic rings. The van der Waals surface area contributed by atoms with E-state index in [1.165, 1.54) is 12.1 Å². The summed E-state index contributed by atoms with van der Waals surface area (Å²) in [6.45, 7) is 1.76. The Morgan fingerprint density at radius 3 is 2.65 bits per heavy atom. The third-order valence-electron chi connectivity index (χ3n) is 4.19. The number of aryl methyl sites for hydroxylation is 1. The first-order chi connectivity index (χ1) is 9.20. The maximum Gasteiger partial charge on any atom is 0.391 e. The van der Waals surface area contributed by atoms with Crippen LogP contribution in [0, 0.1) is 18.7 Å². The van der Waals surface area contributed by atoms with Crippen LogP contribution in [0.5, 0.6) is 0 Å². The number of hydrogen-bond acceptors (Lipinski definition) is 1. The first-order valence-electron chi connectivity index (χ1n) is 6.80. The van der Waals surface area contributed by atoms with Crippen LogP contribution in [-0.4, -0.2) is 11.7 Å². The summed E-state index contributed by atoms with van der Waals surface area (Å²) in [7, 11) is 0. The van der Waals surface area contributed by atoms with Crippen LogP contribution < -0.4 is 5.73 Å². The zero-order valence-electron chi connectivity index (χ0n) is 11.4. The average molecular weight is 289 g/mol. The first-order valence-corrected chi connectivity index (χ1v) is 6.80. The highest BCUT2D eigenvalue weighted by molar-refractivity contribution is 5.28. The van der Waals surface area contributed by atoms with Crippen LogP contribution >= 0.6 is 0 Å². The Hall–Kier alpha value is -1.10. The van der Waals surface area contributed by atoms with Crippen LogP contribution in [-0.2, 0) is 6.42 Å². The highest BCUT2D eigenvalue weighted by atomic mass is 19.4. The smallest absolute Gasteiger partial charge is 0.325 e. The lowest BCUT2D eigenvalue weighted by Crippen LogP contribution is -2.49. The third kappa shape index (κ3) is 3.51. The van der Waals surface area contributed by atoms with E-state index in [2.05, 4.69) is 0 Å². The summed E-state index contributed by atoms with van der Waals surface area (Å²) >= 11 is 0. The van der Waals surface area contributed by atoms with Crippen molar-refractivity contribution in [1.29, 1.82) is 0 Å². The number of alkyl halides is 3. The highest BCUT2D eigenvalue weighted by Gasteiger charge is 2.46. The van der Waals surface area contributed by atoms with Crippen molar-refractivity contribution < 1.29 is 17.6 Å². The minimum absolute atomic E-state index is 0.0483. The lowest BCUT2D eigenvalue weighted by molar-refractivity contribution is -0.187. The highest BCUT2D eigenvalue weighted by Crippen LogP contribution is 2.42. The molecule has 112 valence electrons. The predicted octanol–water partition coefficient (Wildman–Crippen LogP) is 4.13. The van der Waals surface area contributed by atoms with E-state index < -0.39 is 17.6 Å². The summed E-state index contributed by atoms with van der Waals surface area (Å²) in [5.41, 5.74) is 6.92. The van der Waals surface area contributed by atoms with Gasteiger partial charge in [-0.15, -0.1) is 0 Å². The van der Waals surface area contributed by atoms with E-state index in [-0.39, 0.29) is 18.7 Å². The van der Waals surface area contributed by atoms with Crippen LogP contribution in [0.15, 0.2) is 18.2 Å². The lowest BCUT2D eigenvalue weighted by atomic mass is 9.72. The maximum atomic E-state index is 13.1. The fraction of sp³-hybridized carbons (Fsp3) is 0.600. The van der Waals surface area contributed by atoms with Crippen LogP contribution in [0.3, 0.4) is 0 Å². The number of halogens is 4. The molecule has 1 nitrogen and oxygen atoms in total. The van der Waals surface area contributed by atoms with E-state index in [0.717, 1.165) is 11.1 Å². The second kappa shape index (κ2) is 5.35. The molecule has 0 bridgehead atoms. The van der Waals surface area contributed by atoms with Crippen LogP contribution in [0.2, 0.25) is 0 Å². The molecule has 0 heterocycles. The Morgan fingerprint density at radius 1 is 1.35 bits per heavy atom. The third-order valence-corrected chi connectivity index (χ3v) is 4.19. The van der Waals surface area contributed by atoms with Gasteiger partial charge in [-0.1, -0.05) is 12.5 Å². The molecular weight excluding hydrogens is 270 g/mol. The van der Waals surface area contributed by atoms with Crippen molar-refractivity contribution in [3.8, 4) is 0 Å². The Balaban J connectivity index is 2.14. The number of rotatable bonds is 2.